The molecule has 0 atom stereocenters. The van der Waals surface area contributed by atoms with Crippen LogP contribution in [0.5, 0.6) is 0 Å². The third kappa shape index (κ3) is 5.46. The second kappa shape index (κ2) is 8.97. The fourth-order valence-electron chi connectivity index (χ4n) is 2.99. The smallest absolute Gasteiger partial charge is 0.418 e. The fraction of sp³-hybridized carbons (Fsp3) is 0.273. The number of rotatable bonds is 6. The largest absolute Gasteiger partial charge is 0.443 e. The topological polar surface area (TPSA) is 113 Å². The molecule has 0 unspecified atom stereocenters. The van der Waals surface area contributed by atoms with Crippen molar-refractivity contribution in [2.24, 2.45) is 0 Å². The molecule has 3 rings (SSSR count). The third-order valence-electron chi connectivity index (χ3n) is 4.24. The molecule has 0 aliphatic heterocycles. The van der Waals surface area contributed by atoms with Crippen LogP contribution in [0.15, 0.2) is 54.7 Å². The summed E-state index contributed by atoms with van der Waals surface area (Å²) in [5.41, 5.74) is 0.210. The monoisotopic (exact) mass is 425 g/mol. The van der Waals surface area contributed by atoms with E-state index in [0.29, 0.717) is 5.52 Å². The lowest BCUT2D eigenvalue weighted by Gasteiger charge is -2.19. The molecular formula is C22H23N3O6. The van der Waals surface area contributed by atoms with E-state index in [4.69, 9.17) is 9.47 Å². The summed E-state index contributed by atoms with van der Waals surface area (Å²) in [4.78, 5) is 35.8. The van der Waals surface area contributed by atoms with Gasteiger partial charge in [-0.15, -0.1) is 0 Å². The quantitative estimate of drug-likeness (QED) is 0.460. The number of ether oxygens (including phenoxy) is 2. The van der Waals surface area contributed by atoms with Crippen molar-refractivity contribution >= 4 is 34.3 Å². The minimum absolute atomic E-state index is 0.0211. The number of anilines is 1. The first-order chi connectivity index (χ1) is 14.7. The van der Waals surface area contributed by atoms with Crippen molar-refractivity contribution in [3.8, 4) is 0 Å². The maximum atomic E-state index is 12.4. The standard InChI is InChI=1S/C22H23N3O6/c1-22(2,3)31-21(27)24-12-11-16-18(24)10-9-17(20(16)25(28)29)23-19(26)14-30-13-15-7-5-4-6-8-15/h4-12H,13-14H2,1-3H3,(H,23,26). The number of hydrogen-bond acceptors (Lipinski definition) is 6. The van der Waals surface area contributed by atoms with Crippen LogP contribution in [0.1, 0.15) is 26.3 Å². The number of benzene rings is 2. The zero-order valence-corrected chi connectivity index (χ0v) is 17.5. The number of nitrogens with zero attached hydrogens (tertiary/aromatic N) is 2. The van der Waals surface area contributed by atoms with Gasteiger partial charge in [0.2, 0.25) is 0 Å². The molecule has 3 aromatic rings. The molecule has 9 heteroatoms. The Morgan fingerprint density at radius 1 is 1.10 bits per heavy atom. The number of carbonyl (C=O) groups is 2. The molecule has 0 fully saturated rings. The van der Waals surface area contributed by atoms with Crippen molar-refractivity contribution < 1.29 is 24.0 Å². The van der Waals surface area contributed by atoms with Crippen LogP contribution in [-0.4, -0.2) is 33.7 Å². The molecule has 0 radical (unpaired) electrons. The number of aromatic nitrogens is 1. The van der Waals surface area contributed by atoms with Gasteiger partial charge < -0.3 is 14.8 Å². The lowest BCUT2D eigenvalue weighted by Crippen LogP contribution is -2.26. The molecule has 0 aliphatic carbocycles. The molecule has 1 heterocycles. The van der Waals surface area contributed by atoms with Crippen molar-refractivity contribution in [2.45, 2.75) is 33.0 Å². The van der Waals surface area contributed by atoms with Crippen molar-refractivity contribution in [1.29, 1.82) is 0 Å². The second-order valence-electron chi connectivity index (χ2n) is 7.84. The maximum absolute atomic E-state index is 12.4. The normalized spacial score (nSPS) is 11.3. The van der Waals surface area contributed by atoms with Crippen molar-refractivity contribution in [1.82, 2.24) is 4.57 Å². The number of nitro groups is 1. The minimum atomic E-state index is -0.715. The van der Waals surface area contributed by atoms with E-state index >= 15 is 0 Å². The molecule has 0 saturated carbocycles. The lowest BCUT2D eigenvalue weighted by atomic mass is 10.2. The summed E-state index contributed by atoms with van der Waals surface area (Å²) in [5, 5.41) is 14.4. The van der Waals surface area contributed by atoms with Gasteiger partial charge in [-0.05, 0) is 44.5 Å². The van der Waals surface area contributed by atoms with E-state index in [1.807, 2.05) is 30.3 Å². The van der Waals surface area contributed by atoms with Gasteiger partial charge in [0.15, 0.2) is 0 Å². The molecule has 1 aromatic heterocycles. The van der Waals surface area contributed by atoms with Gasteiger partial charge in [0, 0.05) is 6.20 Å². The Bertz CT molecular complexity index is 1120. The molecule has 1 N–H and O–H groups in total. The van der Waals surface area contributed by atoms with Crippen molar-refractivity contribution in [3.05, 3.63) is 70.4 Å². The number of nitrogens with one attached hydrogen (secondary N) is 1. The van der Waals surface area contributed by atoms with Gasteiger partial charge in [0.1, 0.15) is 17.9 Å². The van der Waals surface area contributed by atoms with Crippen LogP contribution in [0, 0.1) is 10.1 Å². The Morgan fingerprint density at radius 3 is 2.45 bits per heavy atom. The number of hydrogen-bond donors (Lipinski definition) is 1. The highest BCUT2D eigenvalue weighted by Gasteiger charge is 2.25. The van der Waals surface area contributed by atoms with Crippen LogP contribution in [0.4, 0.5) is 16.2 Å². The van der Waals surface area contributed by atoms with Crippen molar-refractivity contribution in [2.75, 3.05) is 11.9 Å². The van der Waals surface area contributed by atoms with Gasteiger partial charge in [-0.1, -0.05) is 30.3 Å². The van der Waals surface area contributed by atoms with Crippen LogP contribution in [0.3, 0.4) is 0 Å². The van der Waals surface area contributed by atoms with Crippen LogP contribution in [-0.2, 0) is 20.9 Å². The average molecular weight is 425 g/mol. The third-order valence-corrected chi connectivity index (χ3v) is 4.24. The van der Waals surface area contributed by atoms with Gasteiger partial charge in [-0.2, -0.15) is 0 Å². The average Bonchev–Trinajstić information content (AvgIpc) is 3.11. The molecule has 1 amide bonds. The Balaban J connectivity index is 1.78. The van der Waals surface area contributed by atoms with Crippen LogP contribution in [0.2, 0.25) is 0 Å². The summed E-state index contributed by atoms with van der Waals surface area (Å²) in [5.74, 6) is -0.523. The number of nitro benzene ring substituents is 1. The summed E-state index contributed by atoms with van der Waals surface area (Å²) < 4.78 is 11.9. The molecular weight excluding hydrogens is 402 g/mol. The molecule has 0 saturated heterocycles. The Hall–Kier alpha value is -3.72. The van der Waals surface area contributed by atoms with Gasteiger partial charge in [-0.25, -0.2) is 4.79 Å². The van der Waals surface area contributed by atoms with E-state index in [1.54, 1.807) is 20.8 Å². The minimum Gasteiger partial charge on any atom is -0.443 e. The van der Waals surface area contributed by atoms with Crippen LogP contribution >= 0.6 is 0 Å². The highest BCUT2D eigenvalue weighted by molar-refractivity contribution is 6.03. The van der Waals surface area contributed by atoms with Gasteiger partial charge in [0.25, 0.3) is 5.91 Å². The molecule has 0 bridgehead atoms. The van der Waals surface area contributed by atoms with Crippen LogP contribution in [0.25, 0.3) is 10.9 Å². The Labute approximate surface area is 178 Å². The number of fused-ring (bicyclic) bond motifs is 1. The molecule has 2 aromatic carbocycles. The summed E-state index contributed by atoms with van der Waals surface area (Å²) in [6, 6.07) is 13.7. The van der Waals surface area contributed by atoms with Gasteiger partial charge in [0.05, 0.1) is 22.4 Å². The Morgan fingerprint density at radius 2 is 1.81 bits per heavy atom. The van der Waals surface area contributed by atoms with Gasteiger partial charge in [-0.3, -0.25) is 19.5 Å². The first-order valence-electron chi connectivity index (χ1n) is 9.59. The summed E-state index contributed by atoms with van der Waals surface area (Å²) in [6.45, 7) is 5.17. The highest BCUT2D eigenvalue weighted by Crippen LogP contribution is 2.34. The molecule has 0 aliphatic rings. The lowest BCUT2D eigenvalue weighted by molar-refractivity contribution is -0.382. The van der Waals surface area contributed by atoms with Crippen molar-refractivity contribution in [3.63, 3.8) is 0 Å². The van der Waals surface area contributed by atoms with E-state index < -0.39 is 22.5 Å². The van der Waals surface area contributed by atoms with E-state index in [-0.39, 0.29) is 30.0 Å². The van der Waals surface area contributed by atoms with E-state index in [9.17, 15) is 19.7 Å². The maximum Gasteiger partial charge on any atom is 0.418 e. The molecule has 31 heavy (non-hydrogen) atoms. The number of carbonyl (C=O) groups excluding carboxylic acids is 2. The predicted octanol–water partition coefficient (Wildman–Crippen LogP) is 4.49. The van der Waals surface area contributed by atoms with E-state index in [1.165, 1.54) is 29.0 Å². The summed E-state index contributed by atoms with van der Waals surface area (Å²) >= 11 is 0. The highest BCUT2D eigenvalue weighted by atomic mass is 16.6. The van der Waals surface area contributed by atoms with E-state index in [0.717, 1.165) is 5.56 Å². The molecule has 162 valence electrons. The summed E-state index contributed by atoms with van der Waals surface area (Å²) in [7, 11) is 0. The zero-order chi connectivity index (χ0) is 22.6. The van der Waals surface area contributed by atoms with Gasteiger partial charge >= 0.3 is 11.8 Å². The first kappa shape index (κ1) is 22.0. The predicted molar refractivity (Wildman–Crippen MR) is 115 cm³/mol. The SMILES string of the molecule is CC(C)(C)OC(=O)n1ccc2c([N+](=O)[O-])c(NC(=O)COCc3ccccc3)ccc21. The van der Waals surface area contributed by atoms with E-state index in [2.05, 4.69) is 5.32 Å². The second-order valence-corrected chi connectivity index (χ2v) is 7.84. The van der Waals surface area contributed by atoms with Crippen LogP contribution < -0.4 is 5.32 Å². The fourth-order valence-corrected chi connectivity index (χ4v) is 2.99. The molecule has 0 spiro atoms. The zero-order valence-electron chi connectivity index (χ0n) is 17.5. The summed E-state index contributed by atoms with van der Waals surface area (Å²) in [6.07, 6.45) is 0.753. The Kier molecular flexibility index (Phi) is 6.36. The first-order valence-corrected chi connectivity index (χ1v) is 9.59. The molecule has 9 nitrogen and oxygen atoms in total. The number of amides is 1.